The molecule has 0 aliphatic carbocycles. The van der Waals surface area contributed by atoms with Crippen LogP contribution >= 0.6 is 0 Å². The summed E-state index contributed by atoms with van der Waals surface area (Å²) in [5.41, 5.74) is 3.08. The third kappa shape index (κ3) is 3.96. The molecular weight excluding hydrogens is 300 g/mol. The lowest BCUT2D eigenvalue weighted by molar-refractivity contribution is 0.155. The standard InChI is InChI=1S/C20H24N2O2/c1-22(2)11-10-20(23)18-13-21-19-9-8-16(12-17(18)19)24-14-15-6-4-3-5-7-15/h3-9,12-13,20-21,23H,10-11,14H2,1-2H3. The van der Waals surface area contributed by atoms with E-state index in [1.807, 2.05) is 68.8 Å². The maximum absolute atomic E-state index is 10.5. The molecule has 0 aliphatic rings. The topological polar surface area (TPSA) is 48.5 Å². The Kier molecular flexibility index (Phi) is 5.18. The average molecular weight is 324 g/mol. The summed E-state index contributed by atoms with van der Waals surface area (Å²) in [6.45, 7) is 1.38. The van der Waals surface area contributed by atoms with Crippen molar-refractivity contribution < 1.29 is 9.84 Å². The van der Waals surface area contributed by atoms with Crippen LogP contribution in [0.25, 0.3) is 10.9 Å². The fourth-order valence-electron chi connectivity index (χ4n) is 2.76. The molecule has 0 amide bonds. The number of aromatic amines is 1. The quantitative estimate of drug-likeness (QED) is 0.696. The van der Waals surface area contributed by atoms with E-state index in [0.717, 1.165) is 34.3 Å². The van der Waals surface area contributed by atoms with Crippen LogP contribution in [0.1, 0.15) is 23.7 Å². The molecule has 0 saturated heterocycles. The molecule has 1 aromatic heterocycles. The predicted molar refractivity (Wildman–Crippen MR) is 97.2 cm³/mol. The number of hydrogen-bond acceptors (Lipinski definition) is 3. The van der Waals surface area contributed by atoms with Crippen molar-refractivity contribution in [3.63, 3.8) is 0 Å². The number of hydrogen-bond donors (Lipinski definition) is 2. The monoisotopic (exact) mass is 324 g/mol. The second-order valence-corrected chi connectivity index (χ2v) is 6.33. The van der Waals surface area contributed by atoms with Crippen LogP contribution in [-0.2, 0) is 6.61 Å². The normalized spacial score (nSPS) is 12.7. The minimum absolute atomic E-state index is 0.481. The van der Waals surface area contributed by atoms with Crippen molar-refractivity contribution in [1.29, 1.82) is 0 Å². The van der Waals surface area contributed by atoms with E-state index in [9.17, 15) is 5.11 Å². The minimum atomic E-state index is -0.481. The summed E-state index contributed by atoms with van der Waals surface area (Å²) < 4.78 is 5.90. The summed E-state index contributed by atoms with van der Waals surface area (Å²) >= 11 is 0. The zero-order chi connectivity index (χ0) is 16.9. The number of ether oxygens (including phenoxy) is 1. The van der Waals surface area contributed by atoms with E-state index in [2.05, 4.69) is 9.88 Å². The SMILES string of the molecule is CN(C)CCC(O)c1c[nH]c2ccc(OCc3ccccc3)cc12. The third-order valence-corrected chi connectivity index (χ3v) is 4.14. The van der Waals surface area contributed by atoms with Gasteiger partial charge in [-0.2, -0.15) is 0 Å². The van der Waals surface area contributed by atoms with Crippen molar-refractivity contribution in [3.8, 4) is 5.75 Å². The maximum Gasteiger partial charge on any atom is 0.120 e. The second kappa shape index (κ2) is 7.51. The Bertz CT molecular complexity index is 781. The summed E-state index contributed by atoms with van der Waals surface area (Å²) in [4.78, 5) is 5.30. The van der Waals surface area contributed by atoms with E-state index in [4.69, 9.17) is 4.74 Å². The van der Waals surface area contributed by atoms with E-state index in [0.29, 0.717) is 13.0 Å². The highest BCUT2D eigenvalue weighted by atomic mass is 16.5. The van der Waals surface area contributed by atoms with Gasteiger partial charge in [-0.15, -0.1) is 0 Å². The van der Waals surface area contributed by atoms with E-state index in [-0.39, 0.29) is 0 Å². The van der Waals surface area contributed by atoms with Crippen LogP contribution in [0.5, 0.6) is 5.75 Å². The first-order valence-corrected chi connectivity index (χ1v) is 8.24. The first-order valence-electron chi connectivity index (χ1n) is 8.24. The summed E-state index contributed by atoms with van der Waals surface area (Å²) in [5, 5.41) is 11.5. The summed E-state index contributed by atoms with van der Waals surface area (Å²) in [7, 11) is 4.02. The summed E-state index contributed by atoms with van der Waals surface area (Å²) in [6.07, 6.45) is 2.12. The highest BCUT2D eigenvalue weighted by molar-refractivity contribution is 5.85. The molecule has 1 atom stereocenters. The molecule has 1 unspecified atom stereocenters. The molecule has 2 aromatic carbocycles. The lowest BCUT2D eigenvalue weighted by Crippen LogP contribution is -2.15. The van der Waals surface area contributed by atoms with Crippen LogP contribution in [-0.4, -0.2) is 35.6 Å². The number of nitrogens with one attached hydrogen (secondary N) is 1. The molecule has 0 aliphatic heterocycles. The second-order valence-electron chi connectivity index (χ2n) is 6.33. The van der Waals surface area contributed by atoms with Gasteiger partial charge in [0.05, 0.1) is 6.10 Å². The average Bonchev–Trinajstić information content (AvgIpc) is 3.02. The molecule has 0 saturated carbocycles. The van der Waals surface area contributed by atoms with Gasteiger partial charge in [-0.25, -0.2) is 0 Å². The molecule has 0 fully saturated rings. The van der Waals surface area contributed by atoms with E-state index < -0.39 is 6.10 Å². The molecule has 1 heterocycles. The number of aliphatic hydroxyl groups is 1. The smallest absolute Gasteiger partial charge is 0.120 e. The van der Waals surface area contributed by atoms with Gasteiger partial charge < -0.3 is 19.7 Å². The van der Waals surface area contributed by atoms with Crippen LogP contribution in [0.15, 0.2) is 54.7 Å². The van der Waals surface area contributed by atoms with E-state index in [1.54, 1.807) is 0 Å². The van der Waals surface area contributed by atoms with E-state index in [1.165, 1.54) is 0 Å². The Morgan fingerprint density at radius 3 is 2.67 bits per heavy atom. The summed E-state index contributed by atoms with van der Waals surface area (Å²) in [6, 6.07) is 16.1. The fraction of sp³-hybridized carbons (Fsp3) is 0.300. The molecule has 0 spiro atoms. The van der Waals surface area contributed by atoms with Gasteiger partial charge in [0, 0.05) is 29.2 Å². The van der Waals surface area contributed by atoms with Crippen LogP contribution in [0.4, 0.5) is 0 Å². The van der Waals surface area contributed by atoms with Gasteiger partial charge in [0.2, 0.25) is 0 Å². The van der Waals surface area contributed by atoms with Crippen molar-refractivity contribution in [2.45, 2.75) is 19.1 Å². The summed E-state index contributed by atoms with van der Waals surface area (Å²) in [5.74, 6) is 0.812. The molecule has 126 valence electrons. The third-order valence-electron chi connectivity index (χ3n) is 4.14. The van der Waals surface area contributed by atoms with Gasteiger partial charge in [0.1, 0.15) is 12.4 Å². The molecule has 4 heteroatoms. The molecular formula is C20H24N2O2. The first kappa shape index (κ1) is 16.6. The highest BCUT2D eigenvalue weighted by Crippen LogP contribution is 2.29. The van der Waals surface area contributed by atoms with Gasteiger partial charge in [-0.3, -0.25) is 0 Å². The van der Waals surface area contributed by atoms with Crippen molar-refractivity contribution in [1.82, 2.24) is 9.88 Å². The number of nitrogens with zero attached hydrogens (tertiary/aromatic N) is 1. The van der Waals surface area contributed by atoms with Crippen molar-refractivity contribution in [2.75, 3.05) is 20.6 Å². The first-order chi connectivity index (χ1) is 11.6. The molecule has 3 rings (SSSR count). The van der Waals surface area contributed by atoms with Crippen LogP contribution < -0.4 is 4.74 Å². The zero-order valence-corrected chi connectivity index (χ0v) is 14.2. The molecule has 0 bridgehead atoms. The van der Waals surface area contributed by atoms with Crippen molar-refractivity contribution in [3.05, 3.63) is 65.9 Å². The van der Waals surface area contributed by atoms with Crippen molar-refractivity contribution >= 4 is 10.9 Å². The Morgan fingerprint density at radius 2 is 1.92 bits per heavy atom. The lowest BCUT2D eigenvalue weighted by Gasteiger charge is -2.14. The largest absolute Gasteiger partial charge is 0.489 e. The molecule has 4 nitrogen and oxygen atoms in total. The molecule has 0 radical (unpaired) electrons. The molecule has 3 aromatic rings. The number of H-pyrrole nitrogens is 1. The zero-order valence-electron chi connectivity index (χ0n) is 14.2. The van der Waals surface area contributed by atoms with Gasteiger partial charge in [-0.1, -0.05) is 30.3 Å². The van der Waals surface area contributed by atoms with Crippen LogP contribution in [0, 0.1) is 0 Å². The Hall–Kier alpha value is -2.30. The van der Waals surface area contributed by atoms with Crippen LogP contribution in [0.3, 0.4) is 0 Å². The molecule has 2 N–H and O–H groups in total. The Morgan fingerprint density at radius 1 is 1.12 bits per heavy atom. The maximum atomic E-state index is 10.5. The van der Waals surface area contributed by atoms with Gasteiger partial charge in [0.15, 0.2) is 0 Å². The Balaban J connectivity index is 1.75. The number of fused-ring (bicyclic) bond motifs is 1. The van der Waals surface area contributed by atoms with Gasteiger partial charge >= 0.3 is 0 Å². The van der Waals surface area contributed by atoms with E-state index >= 15 is 0 Å². The predicted octanol–water partition coefficient (Wildman–Crippen LogP) is 3.73. The molecule has 24 heavy (non-hydrogen) atoms. The number of benzene rings is 2. The highest BCUT2D eigenvalue weighted by Gasteiger charge is 2.14. The Labute approximate surface area is 142 Å². The van der Waals surface area contributed by atoms with Gasteiger partial charge in [-0.05, 0) is 44.3 Å². The van der Waals surface area contributed by atoms with Gasteiger partial charge in [0.25, 0.3) is 0 Å². The fourth-order valence-corrected chi connectivity index (χ4v) is 2.76. The number of aliphatic hydroxyl groups excluding tert-OH is 1. The minimum Gasteiger partial charge on any atom is -0.489 e. The number of rotatable bonds is 7. The lowest BCUT2D eigenvalue weighted by atomic mass is 10.1. The number of aromatic nitrogens is 1. The van der Waals surface area contributed by atoms with Crippen LogP contribution in [0.2, 0.25) is 0 Å². The van der Waals surface area contributed by atoms with Crippen molar-refractivity contribution in [2.24, 2.45) is 0 Å².